The van der Waals surface area contributed by atoms with Gasteiger partial charge in [0, 0.05) is 0 Å². The smallest absolute Gasteiger partial charge is 0.125 e. The van der Waals surface area contributed by atoms with Crippen LogP contribution in [0.2, 0.25) is 0 Å². The van der Waals surface area contributed by atoms with Gasteiger partial charge in [0.15, 0.2) is 0 Å². The topological polar surface area (TPSA) is 69.5 Å². The molecule has 3 aromatic carbocycles. The molecule has 33 heavy (non-hydrogen) atoms. The number of ether oxygens (including phenoxy) is 3. The lowest BCUT2D eigenvalue weighted by molar-refractivity contribution is -0.144. The molecule has 0 saturated carbocycles. The van der Waals surface area contributed by atoms with Crippen molar-refractivity contribution in [3.8, 4) is 0 Å². The highest BCUT2D eigenvalue weighted by atomic mass is 16.6. The second-order valence-corrected chi connectivity index (χ2v) is 7.48. The Bertz CT molecular complexity index is 921. The normalized spacial score (nSPS) is 14.1. The summed E-state index contributed by atoms with van der Waals surface area (Å²) in [5.41, 5.74) is 3.03. The second kappa shape index (κ2) is 14.2. The lowest BCUT2D eigenvalue weighted by Crippen LogP contribution is -2.45. The first-order valence-electron chi connectivity index (χ1n) is 10.9. The lowest BCUT2D eigenvalue weighted by Gasteiger charge is -2.31. The Morgan fingerprint density at radius 2 is 1.15 bits per heavy atom. The van der Waals surface area contributed by atoms with E-state index in [2.05, 4.69) is 5.16 Å². The first-order chi connectivity index (χ1) is 16.3. The third-order valence-electron chi connectivity index (χ3n) is 5.06. The number of nitrogens with zero attached hydrogens (tertiary/aromatic N) is 1. The maximum Gasteiger partial charge on any atom is 0.125 e. The lowest BCUT2D eigenvalue weighted by atomic mass is 10.1. The Labute approximate surface area is 195 Å². The van der Waals surface area contributed by atoms with Crippen molar-refractivity contribution in [2.24, 2.45) is 5.16 Å². The van der Waals surface area contributed by atoms with Gasteiger partial charge in [-0.1, -0.05) is 96.2 Å². The molecule has 0 spiro atoms. The van der Waals surface area contributed by atoms with E-state index in [-0.39, 0.29) is 6.61 Å². The molecular formula is C27H31NO5. The highest BCUT2D eigenvalue weighted by molar-refractivity contribution is 5.63. The molecule has 3 atom stereocenters. The Morgan fingerprint density at radius 1 is 0.697 bits per heavy atom. The van der Waals surface area contributed by atoms with Gasteiger partial charge in [0.2, 0.25) is 0 Å². The van der Waals surface area contributed by atoms with Gasteiger partial charge in [0.1, 0.15) is 25.4 Å². The summed E-state index contributed by atoms with van der Waals surface area (Å²) in [7, 11) is 1.47. The van der Waals surface area contributed by atoms with E-state index in [4.69, 9.17) is 19.0 Å². The van der Waals surface area contributed by atoms with E-state index in [0.29, 0.717) is 19.8 Å². The summed E-state index contributed by atoms with van der Waals surface area (Å²) in [4.78, 5) is 4.91. The van der Waals surface area contributed by atoms with Gasteiger partial charge in [-0.25, -0.2) is 0 Å². The van der Waals surface area contributed by atoms with Gasteiger partial charge in [-0.15, -0.1) is 0 Å². The molecule has 0 saturated heterocycles. The highest BCUT2D eigenvalue weighted by Crippen LogP contribution is 2.18. The molecule has 0 aliphatic carbocycles. The molecule has 3 rings (SSSR count). The van der Waals surface area contributed by atoms with Crippen molar-refractivity contribution in [3.05, 3.63) is 108 Å². The largest absolute Gasteiger partial charge is 0.399 e. The van der Waals surface area contributed by atoms with E-state index >= 15 is 0 Å². The third-order valence-corrected chi connectivity index (χ3v) is 5.06. The molecule has 0 fully saturated rings. The standard InChI is InChI=1S/C27H31NO5/c1-30-28-17-25(31-19-22-11-5-2-6-12-22)27(33-21-24-15-9-4-10-16-24)26(18-29)32-20-23-13-7-3-8-14-23/h2-17,25-27,29H,18-21H2,1H3/b28-17+/t25-,26+,27-/m0/s1. The van der Waals surface area contributed by atoms with Crippen LogP contribution in [0, 0.1) is 0 Å². The fourth-order valence-electron chi connectivity index (χ4n) is 3.32. The molecule has 6 heteroatoms. The SMILES string of the molecule is CO/N=C/[C@H](OCc1ccccc1)[C@H](OCc1ccccc1)[C@@H](CO)OCc1ccccc1. The Kier molecular flexibility index (Phi) is 10.6. The molecule has 0 radical (unpaired) electrons. The van der Waals surface area contributed by atoms with Crippen LogP contribution in [-0.4, -0.2) is 43.3 Å². The molecule has 0 bridgehead atoms. The molecule has 3 aromatic rings. The zero-order valence-electron chi connectivity index (χ0n) is 18.8. The van der Waals surface area contributed by atoms with E-state index in [1.807, 2.05) is 91.0 Å². The number of hydrogen-bond donors (Lipinski definition) is 1. The van der Waals surface area contributed by atoms with Crippen molar-refractivity contribution in [2.75, 3.05) is 13.7 Å². The minimum atomic E-state index is -0.641. The summed E-state index contributed by atoms with van der Waals surface area (Å²) in [6.07, 6.45) is -0.325. The summed E-state index contributed by atoms with van der Waals surface area (Å²) in [6, 6.07) is 29.5. The number of rotatable bonds is 14. The molecule has 1 N–H and O–H groups in total. The van der Waals surface area contributed by atoms with Crippen LogP contribution in [0.3, 0.4) is 0 Å². The van der Waals surface area contributed by atoms with Crippen LogP contribution in [0.15, 0.2) is 96.2 Å². The molecule has 0 aliphatic heterocycles. The first kappa shape index (κ1) is 24.6. The van der Waals surface area contributed by atoms with E-state index in [1.165, 1.54) is 7.11 Å². The van der Waals surface area contributed by atoms with Crippen molar-refractivity contribution in [1.29, 1.82) is 0 Å². The summed E-state index contributed by atoms with van der Waals surface area (Å²) in [5.74, 6) is 0. The summed E-state index contributed by atoms with van der Waals surface area (Å²) < 4.78 is 18.5. The Hall–Kier alpha value is -3.03. The fourth-order valence-corrected chi connectivity index (χ4v) is 3.32. The van der Waals surface area contributed by atoms with Crippen LogP contribution in [0.25, 0.3) is 0 Å². The minimum Gasteiger partial charge on any atom is -0.399 e. The van der Waals surface area contributed by atoms with Gasteiger partial charge in [-0.05, 0) is 16.7 Å². The number of aliphatic hydroxyl groups is 1. The Balaban J connectivity index is 1.77. The van der Waals surface area contributed by atoms with Crippen LogP contribution in [0.5, 0.6) is 0 Å². The van der Waals surface area contributed by atoms with Crippen molar-refractivity contribution in [2.45, 2.75) is 38.1 Å². The number of aliphatic hydroxyl groups excluding tert-OH is 1. The summed E-state index contributed by atoms with van der Waals surface area (Å²) in [6.45, 7) is 0.786. The Morgan fingerprint density at radius 3 is 1.61 bits per heavy atom. The molecule has 0 heterocycles. The summed E-state index contributed by atoms with van der Waals surface area (Å²) >= 11 is 0. The van der Waals surface area contributed by atoms with Gasteiger partial charge in [-0.2, -0.15) is 0 Å². The van der Waals surface area contributed by atoms with E-state index < -0.39 is 18.3 Å². The summed E-state index contributed by atoms with van der Waals surface area (Å²) in [5, 5.41) is 14.1. The van der Waals surface area contributed by atoms with Gasteiger partial charge in [0.05, 0.1) is 32.6 Å². The molecule has 0 unspecified atom stereocenters. The minimum absolute atomic E-state index is 0.238. The highest BCUT2D eigenvalue weighted by Gasteiger charge is 2.31. The molecule has 0 amide bonds. The first-order valence-corrected chi connectivity index (χ1v) is 10.9. The van der Waals surface area contributed by atoms with Crippen LogP contribution < -0.4 is 0 Å². The number of oxime groups is 1. The maximum atomic E-state index is 10.2. The average molecular weight is 450 g/mol. The average Bonchev–Trinajstić information content (AvgIpc) is 2.88. The molecule has 6 nitrogen and oxygen atoms in total. The van der Waals surface area contributed by atoms with Crippen LogP contribution in [-0.2, 0) is 38.9 Å². The van der Waals surface area contributed by atoms with Crippen LogP contribution in [0.4, 0.5) is 0 Å². The van der Waals surface area contributed by atoms with E-state index in [1.54, 1.807) is 6.21 Å². The zero-order valence-corrected chi connectivity index (χ0v) is 18.8. The van der Waals surface area contributed by atoms with Gasteiger partial charge in [0.25, 0.3) is 0 Å². The van der Waals surface area contributed by atoms with Crippen LogP contribution >= 0.6 is 0 Å². The predicted molar refractivity (Wildman–Crippen MR) is 128 cm³/mol. The maximum absolute atomic E-state index is 10.2. The van der Waals surface area contributed by atoms with E-state index in [0.717, 1.165) is 16.7 Å². The monoisotopic (exact) mass is 449 g/mol. The van der Waals surface area contributed by atoms with Crippen molar-refractivity contribution >= 4 is 6.21 Å². The third kappa shape index (κ3) is 8.44. The molecule has 174 valence electrons. The molecular weight excluding hydrogens is 418 g/mol. The second-order valence-electron chi connectivity index (χ2n) is 7.48. The van der Waals surface area contributed by atoms with Crippen molar-refractivity contribution in [1.82, 2.24) is 0 Å². The van der Waals surface area contributed by atoms with Gasteiger partial charge in [-0.3, -0.25) is 0 Å². The van der Waals surface area contributed by atoms with Crippen molar-refractivity contribution < 1.29 is 24.2 Å². The predicted octanol–water partition coefficient (Wildman–Crippen LogP) is 4.37. The van der Waals surface area contributed by atoms with E-state index in [9.17, 15) is 5.11 Å². The van der Waals surface area contributed by atoms with Crippen LogP contribution in [0.1, 0.15) is 16.7 Å². The van der Waals surface area contributed by atoms with Gasteiger partial charge >= 0.3 is 0 Å². The molecule has 0 aromatic heterocycles. The zero-order chi connectivity index (χ0) is 23.1. The quantitative estimate of drug-likeness (QED) is 0.292. The molecule has 0 aliphatic rings. The number of hydrogen-bond acceptors (Lipinski definition) is 6. The fraction of sp³-hybridized carbons (Fsp3) is 0.296. The van der Waals surface area contributed by atoms with Gasteiger partial charge < -0.3 is 24.2 Å². The van der Waals surface area contributed by atoms with Crippen molar-refractivity contribution in [3.63, 3.8) is 0 Å². The number of benzene rings is 3.